The van der Waals surface area contributed by atoms with E-state index in [1.807, 2.05) is 0 Å². The largest absolute Gasteiger partial charge is 0.396 e. The maximum Gasteiger partial charge on any atom is 0.270 e. The van der Waals surface area contributed by atoms with E-state index in [2.05, 4.69) is 10.3 Å². The van der Waals surface area contributed by atoms with Crippen LogP contribution in [0.5, 0.6) is 0 Å². The van der Waals surface area contributed by atoms with E-state index < -0.39 is 4.92 Å². The van der Waals surface area contributed by atoms with Gasteiger partial charge in [0.2, 0.25) is 5.56 Å². The molecule has 0 bridgehead atoms. The number of aromatic nitrogens is 1. The molecule has 0 spiro atoms. The van der Waals surface area contributed by atoms with E-state index in [0.29, 0.717) is 28.9 Å². The topological polar surface area (TPSA) is 108 Å². The van der Waals surface area contributed by atoms with E-state index in [0.717, 1.165) is 12.8 Å². The lowest BCUT2D eigenvalue weighted by molar-refractivity contribution is -0.384. The van der Waals surface area contributed by atoms with Crippen molar-refractivity contribution < 1.29 is 10.0 Å². The van der Waals surface area contributed by atoms with E-state index in [1.165, 1.54) is 24.3 Å². The summed E-state index contributed by atoms with van der Waals surface area (Å²) in [6.45, 7) is 0.0649. The van der Waals surface area contributed by atoms with E-state index in [9.17, 15) is 20.0 Å². The molecule has 3 N–H and O–H groups in total. The molecule has 22 heavy (non-hydrogen) atoms. The van der Waals surface area contributed by atoms with E-state index in [-0.39, 0.29) is 23.9 Å². The van der Waals surface area contributed by atoms with Gasteiger partial charge in [-0.25, -0.2) is 0 Å². The molecule has 0 unspecified atom stereocenters. The molecule has 0 aliphatic heterocycles. The molecule has 0 saturated heterocycles. The molecule has 7 nitrogen and oxygen atoms in total. The highest BCUT2D eigenvalue weighted by atomic mass is 16.6. The van der Waals surface area contributed by atoms with E-state index in [1.54, 1.807) is 0 Å². The average Bonchev–Trinajstić information content (AvgIpc) is 3.30. The molecule has 1 heterocycles. The summed E-state index contributed by atoms with van der Waals surface area (Å²) in [6.07, 6.45) is 2.78. The fourth-order valence-corrected chi connectivity index (χ4v) is 2.74. The molecule has 1 saturated carbocycles. The first-order chi connectivity index (χ1) is 10.6. The fourth-order valence-electron chi connectivity index (χ4n) is 2.74. The van der Waals surface area contributed by atoms with E-state index in [4.69, 9.17) is 0 Å². The Labute approximate surface area is 126 Å². The molecule has 2 aromatic rings. The van der Waals surface area contributed by atoms with Crippen LogP contribution in [0.2, 0.25) is 0 Å². The number of aliphatic hydroxyl groups is 1. The van der Waals surface area contributed by atoms with Gasteiger partial charge >= 0.3 is 0 Å². The molecule has 1 aromatic carbocycles. The third-order valence-corrected chi connectivity index (χ3v) is 4.01. The number of nitro benzene ring substituents is 1. The summed E-state index contributed by atoms with van der Waals surface area (Å²) in [5.74, 6) is 0.486. The van der Waals surface area contributed by atoms with Gasteiger partial charge in [0.05, 0.1) is 10.4 Å². The highest BCUT2D eigenvalue weighted by Gasteiger charge is 2.31. The molecule has 116 valence electrons. The van der Waals surface area contributed by atoms with Gasteiger partial charge in [0.25, 0.3) is 5.69 Å². The minimum absolute atomic E-state index is 0.0206. The first kappa shape index (κ1) is 14.5. The highest BCUT2D eigenvalue weighted by molar-refractivity contribution is 5.92. The number of aliphatic hydroxyl groups excluding tert-OH is 1. The molecule has 1 aromatic heterocycles. The first-order valence-corrected chi connectivity index (χ1v) is 7.27. The lowest BCUT2D eigenvalue weighted by Crippen LogP contribution is -2.24. The van der Waals surface area contributed by atoms with Crippen LogP contribution in [0.4, 0.5) is 11.4 Å². The lowest BCUT2D eigenvalue weighted by atomic mass is 10.1. The second-order valence-electron chi connectivity index (χ2n) is 5.63. The van der Waals surface area contributed by atoms with Crippen molar-refractivity contribution in [3.8, 4) is 0 Å². The lowest BCUT2D eigenvalue weighted by Gasteiger charge is -2.19. The smallest absolute Gasteiger partial charge is 0.270 e. The third-order valence-electron chi connectivity index (χ3n) is 4.01. The van der Waals surface area contributed by atoms with Crippen molar-refractivity contribution in [3.05, 3.63) is 44.7 Å². The normalized spacial score (nSPS) is 15.7. The Morgan fingerprint density at radius 3 is 2.82 bits per heavy atom. The van der Waals surface area contributed by atoms with Crippen LogP contribution >= 0.6 is 0 Å². The van der Waals surface area contributed by atoms with Crippen LogP contribution in [-0.2, 0) is 0 Å². The molecular weight excluding hydrogens is 286 g/mol. The van der Waals surface area contributed by atoms with Gasteiger partial charge in [0.15, 0.2) is 0 Å². The number of hydrogen-bond donors (Lipinski definition) is 3. The molecule has 1 aliphatic rings. The number of aromatic amines is 1. The number of anilines is 1. The van der Waals surface area contributed by atoms with Crippen molar-refractivity contribution in [2.75, 3.05) is 11.9 Å². The van der Waals surface area contributed by atoms with Crippen LogP contribution in [0.3, 0.4) is 0 Å². The van der Waals surface area contributed by atoms with Crippen LogP contribution < -0.4 is 10.9 Å². The molecule has 3 rings (SSSR count). The van der Waals surface area contributed by atoms with E-state index >= 15 is 0 Å². The average molecular weight is 303 g/mol. The van der Waals surface area contributed by atoms with Crippen LogP contribution in [0.1, 0.15) is 19.3 Å². The molecule has 7 heteroatoms. The molecule has 1 fully saturated rings. The van der Waals surface area contributed by atoms with Crippen molar-refractivity contribution in [3.63, 3.8) is 0 Å². The van der Waals surface area contributed by atoms with Crippen molar-refractivity contribution in [2.24, 2.45) is 5.92 Å². The van der Waals surface area contributed by atoms with Gasteiger partial charge in [-0.05, 0) is 31.2 Å². The number of fused-ring (bicyclic) bond motifs is 1. The van der Waals surface area contributed by atoms with Crippen molar-refractivity contribution >= 4 is 22.3 Å². The summed E-state index contributed by atoms with van der Waals surface area (Å²) in [7, 11) is 0. The Bertz CT molecular complexity index is 767. The zero-order valence-electron chi connectivity index (χ0n) is 11.9. The number of rotatable bonds is 6. The quantitative estimate of drug-likeness (QED) is 0.559. The predicted molar refractivity (Wildman–Crippen MR) is 83.1 cm³/mol. The van der Waals surface area contributed by atoms with Gasteiger partial charge in [-0.1, -0.05) is 0 Å². The summed E-state index contributed by atoms with van der Waals surface area (Å²) in [6, 6.07) is 5.86. The molecule has 1 aliphatic carbocycles. The minimum Gasteiger partial charge on any atom is -0.396 e. The molecule has 0 amide bonds. The van der Waals surface area contributed by atoms with Gasteiger partial charge in [0.1, 0.15) is 0 Å². The van der Waals surface area contributed by atoms with Gasteiger partial charge in [-0.2, -0.15) is 0 Å². The second-order valence-corrected chi connectivity index (χ2v) is 5.63. The molecular formula is C15H17N3O4. The first-order valence-electron chi connectivity index (χ1n) is 7.27. The number of non-ortho nitro benzene ring substituents is 1. The van der Waals surface area contributed by atoms with Crippen molar-refractivity contribution in [1.82, 2.24) is 4.98 Å². The Kier molecular flexibility index (Phi) is 3.81. The van der Waals surface area contributed by atoms with Crippen LogP contribution in [0.15, 0.2) is 29.1 Å². The second kappa shape index (κ2) is 5.76. The zero-order chi connectivity index (χ0) is 15.7. The summed E-state index contributed by atoms with van der Waals surface area (Å²) in [5.41, 5.74) is 0.849. The summed E-state index contributed by atoms with van der Waals surface area (Å²) in [4.78, 5) is 24.9. The van der Waals surface area contributed by atoms with Crippen LogP contribution in [0, 0.1) is 16.0 Å². The summed E-state index contributed by atoms with van der Waals surface area (Å²) < 4.78 is 0. The minimum atomic E-state index is -0.458. The van der Waals surface area contributed by atoms with Gasteiger partial charge in [-0.15, -0.1) is 0 Å². The predicted octanol–water partition coefficient (Wildman–Crippen LogP) is 2.01. The standard InChI is InChI=1S/C15H17N3O4/c19-6-5-12(9-1-2-9)16-14-8-15(20)17-13-4-3-10(18(21)22)7-11(13)14/h3-4,7-9,12,19H,1-2,5-6H2,(H2,16,17,20)/t12-/m1/s1. The van der Waals surface area contributed by atoms with Gasteiger partial charge in [0, 0.05) is 41.9 Å². The molecule has 0 radical (unpaired) electrons. The fraction of sp³-hybridized carbons (Fsp3) is 0.400. The number of nitrogens with one attached hydrogen (secondary N) is 2. The van der Waals surface area contributed by atoms with Gasteiger partial charge in [-0.3, -0.25) is 14.9 Å². The number of nitro groups is 1. The van der Waals surface area contributed by atoms with Crippen LogP contribution in [-0.4, -0.2) is 27.7 Å². The number of hydrogen-bond acceptors (Lipinski definition) is 5. The van der Waals surface area contributed by atoms with Gasteiger partial charge < -0.3 is 15.4 Å². The summed E-state index contributed by atoms with van der Waals surface area (Å²) >= 11 is 0. The van der Waals surface area contributed by atoms with Crippen molar-refractivity contribution in [1.29, 1.82) is 0 Å². The number of H-pyrrole nitrogens is 1. The Morgan fingerprint density at radius 1 is 1.41 bits per heavy atom. The molecule has 1 atom stereocenters. The van der Waals surface area contributed by atoms with Crippen molar-refractivity contribution in [2.45, 2.75) is 25.3 Å². The Balaban J connectivity index is 2.04. The Morgan fingerprint density at radius 2 is 2.18 bits per heavy atom. The highest BCUT2D eigenvalue weighted by Crippen LogP contribution is 2.36. The zero-order valence-corrected chi connectivity index (χ0v) is 11.9. The number of benzene rings is 1. The third kappa shape index (κ3) is 2.94. The maximum absolute atomic E-state index is 11.8. The number of nitrogens with zero attached hydrogens (tertiary/aromatic N) is 1. The Hall–Kier alpha value is -2.41. The summed E-state index contributed by atoms with van der Waals surface area (Å²) in [5, 5.41) is 24.0. The number of pyridine rings is 1. The van der Waals surface area contributed by atoms with Crippen LogP contribution in [0.25, 0.3) is 10.9 Å². The monoisotopic (exact) mass is 303 g/mol. The SMILES string of the molecule is O=c1cc(N[C@H](CCO)C2CC2)c2cc([N+](=O)[O-])ccc2[nH]1. The maximum atomic E-state index is 11.8.